The summed E-state index contributed by atoms with van der Waals surface area (Å²) in [5.41, 5.74) is 0.795. The summed E-state index contributed by atoms with van der Waals surface area (Å²) in [6, 6.07) is 4.46. The number of anilines is 1. The molecule has 0 spiro atoms. The normalized spacial score (nSPS) is 29.6. The van der Waals surface area contributed by atoms with Gasteiger partial charge >= 0.3 is 0 Å². The fourth-order valence-corrected chi connectivity index (χ4v) is 4.05. The molecule has 5 heteroatoms. The van der Waals surface area contributed by atoms with E-state index in [9.17, 15) is 4.79 Å². The van der Waals surface area contributed by atoms with Crippen LogP contribution in [0, 0.1) is 12.3 Å². The Kier molecular flexibility index (Phi) is 3.70. The van der Waals surface area contributed by atoms with Gasteiger partial charge in [-0.05, 0) is 37.8 Å². The molecule has 0 aliphatic carbocycles. The van der Waals surface area contributed by atoms with E-state index in [0.717, 1.165) is 56.8 Å². The van der Waals surface area contributed by atoms with Crippen LogP contribution in [0.1, 0.15) is 31.2 Å². The molecule has 0 saturated carbocycles. The number of aromatic nitrogens is 1. The van der Waals surface area contributed by atoms with E-state index < -0.39 is 0 Å². The summed E-state index contributed by atoms with van der Waals surface area (Å²) < 4.78 is 5.59. The molecule has 3 atom stereocenters. The standard InChI is InChI=1S/C18H21N3O2/c1-2-13-5-8-17(19-10-13)20-11-14-6-7-15(12-20)21(14)18(22)16-4-3-9-23-16/h1,5,8,10,14-16H,3-4,6-7,9,11-12H2/t14?,15?,16-/m0/s1. The number of fused-ring (bicyclic) bond motifs is 2. The van der Waals surface area contributed by atoms with Crippen LogP contribution in [0.3, 0.4) is 0 Å². The molecule has 3 saturated heterocycles. The van der Waals surface area contributed by atoms with Crippen molar-refractivity contribution in [3.63, 3.8) is 0 Å². The van der Waals surface area contributed by atoms with Gasteiger partial charge in [-0.1, -0.05) is 5.92 Å². The number of rotatable bonds is 2. The molecule has 4 heterocycles. The van der Waals surface area contributed by atoms with Crippen LogP contribution in [0.4, 0.5) is 5.82 Å². The van der Waals surface area contributed by atoms with E-state index in [1.807, 2.05) is 12.1 Å². The van der Waals surface area contributed by atoms with Crippen molar-refractivity contribution in [1.29, 1.82) is 0 Å². The fourth-order valence-electron chi connectivity index (χ4n) is 4.05. The number of pyridine rings is 1. The van der Waals surface area contributed by atoms with Gasteiger partial charge in [-0.15, -0.1) is 6.42 Å². The summed E-state index contributed by atoms with van der Waals surface area (Å²) in [6.45, 7) is 2.41. The van der Waals surface area contributed by atoms with Gasteiger partial charge in [0, 0.05) is 43.5 Å². The first-order valence-electron chi connectivity index (χ1n) is 8.37. The highest BCUT2D eigenvalue weighted by Gasteiger charge is 2.45. The lowest BCUT2D eigenvalue weighted by Gasteiger charge is -2.42. The molecular weight excluding hydrogens is 290 g/mol. The Morgan fingerprint density at radius 3 is 2.61 bits per heavy atom. The van der Waals surface area contributed by atoms with E-state index in [2.05, 4.69) is 20.7 Å². The van der Waals surface area contributed by atoms with Crippen molar-refractivity contribution in [2.45, 2.75) is 43.9 Å². The third kappa shape index (κ3) is 2.57. The molecule has 3 fully saturated rings. The summed E-state index contributed by atoms with van der Waals surface area (Å²) in [7, 11) is 0. The van der Waals surface area contributed by atoms with Crippen LogP contribution in [-0.2, 0) is 9.53 Å². The van der Waals surface area contributed by atoms with Crippen LogP contribution in [0.2, 0.25) is 0 Å². The Morgan fingerprint density at radius 1 is 1.26 bits per heavy atom. The maximum atomic E-state index is 12.7. The first kappa shape index (κ1) is 14.5. The quantitative estimate of drug-likeness (QED) is 0.775. The predicted octanol–water partition coefficient (Wildman–Crippen LogP) is 1.42. The summed E-state index contributed by atoms with van der Waals surface area (Å²) >= 11 is 0. The van der Waals surface area contributed by atoms with E-state index in [1.54, 1.807) is 6.20 Å². The number of carbonyl (C=O) groups is 1. The van der Waals surface area contributed by atoms with Crippen LogP contribution in [0.15, 0.2) is 18.3 Å². The Hall–Kier alpha value is -2.06. The average Bonchev–Trinajstić information content (AvgIpc) is 3.21. The van der Waals surface area contributed by atoms with Gasteiger partial charge in [-0.2, -0.15) is 0 Å². The van der Waals surface area contributed by atoms with E-state index in [0.29, 0.717) is 0 Å². The van der Waals surface area contributed by atoms with Gasteiger partial charge in [0.05, 0.1) is 0 Å². The van der Waals surface area contributed by atoms with Gasteiger partial charge in [-0.3, -0.25) is 4.79 Å². The molecule has 4 rings (SSSR count). The zero-order valence-electron chi connectivity index (χ0n) is 13.1. The average molecular weight is 311 g/mol. The number of hydrogen-bond donors (Lipinski definition) is 0. The van der Waals surface area contributed by atoms with Crippen molar-refractivity contribution in [3.8, 4) is 12.3 Å². The lowest BCUT2D eigenvalue weighted by molar-refractivity contribution is -0.144. The van der Waals surface area contributed by atoms with Crippen LogP contribution in [-0.4, -0.2) is 53.7 Å². The van der Waals surface area contributed by atoms with Crippen molar-refractivity contribution in [2.24, 2.45) is 0 Å². The summed E-state index contributed by atoms with van der Waals surface area (Å²) in [4.78, 5) is 21.6. The highest BCUT2D eigenvalue weighted by molar-refractivity contribution is 5.82. The molecule has 2 bridgehead atoms. The van der Waals surface area contributed by atoms with E-state index >= 15 is 0 Å². The Morgan fingerprint density at radius 2 is 2.04 bits per heavy atom. The number of nitrogens with zero attached hydrogens (tertiary/aromatic N) is 3. The van der Waals surface area contributed by atoms with Gasteiger partial charge in [0.15, 0.2) is 0 Å². The van der Waals surface area contributed by atoms with E-state index in [4.69, 9.17) is 11.2 Å². The number of carbonyl (C=O) groups excluding carboxylic acids is 1. The molecular formula is C18H21N3O2. The second-order valence-corrected chi connectivity index (χ2v) is 6.59. The van der Waals surface area contributed by atoms with Crippen molar-refractivity contribution in [3.05, 3.63) is 23.9 Å². The minimum absolute atomic E-state index is 0.199. The second kappa shape index (κ2) is 5.86. The third-order valence-electron chi connectivity index (χ3n) is 5.18. The van der Waals surface area contributed by atoms with Gasteiger partial charge in [0.2, 0.25) is 0 Å². The maximum absolute atomic E-state index is 12.7. The number of amides is 1. The largest absolute Gasteiger partial charge is 0.368 e. The second-order valence-electron chi connectivity index (χ2n) is 6.59. The fraction of sp³-hybridized carbons (Fsp3) is 0.556. The van der Waals surface area contributed by atoms with Crippen LogP contribution in [0.5, 0.6) is 0 Å². The molecule has 120 valence electrons. The molecule has 1 aromatic heterocycles. The lowest BCUT2D eigenvalue weighted by atomic mass is 10.1. The maximum Gasteiger partial charge on any atom is 0.252 e. The number of ether oxygens (including phenoxy) is 1. The first-order chi connectivity index (χ1) is 11.3. The number of piperazine rings is 1. The monoisotopic (exact) mass is 311 g/mol. The molecule has 0 N–H and O–H groups in total. The lowest BCUT2D eigenvalue weighted by Crippen LogP contribution is -2.58. The van der Waals surface area contributed by atoms with Crippen molar-refractivity contribution in [2.75, 3.05) is 24.6 Å². The van der Waals surface area contributed by atoms with Gasteiger partial charge in [0.1, 0.15) is 11.9 Å². The van der Waals surface area contributed by atoms with Crippen molar-refractivity contribution >= 4 is 11.7 Å². The Bertz CT molecular complexity index is 617. The van der Waals surface area contributed by atoms with Gasteiger partial charge < -0.3 is 14.5 Å². The molecule has 2 unspecified atom stereocenters. The molecule has 1 aromatic rings. The van der Waals surface area contributed by atoms with Crippen LogP contribution >= 0.6 is 0 Å². The molecule has 3 aliphatic heterocycles. The van der Waals surface area contributed by atoms with Crippen LogP contribution < -0.4 is 4.90 Å². The molecule has 3 aliphatic rings. The highest BCUT2D eigenvalue weighted by atomic mass is 16.5. The van der Waals surface area contributed by atoms with E-state index in [1.165, 1.54) is 0 Å². The van der Waals surface area contributed by atoms with Gasteiger partial charge in [0.25, 0.3) is 5.91 Å². The zero-order valence-corrected chi connectivity index (χ0v) is 13.1. The summed E-state index contributed by atoms with van der Waals surface area (Å²) in [5.74, 6) is 3.74. The molecule has 0 aromatic carbocycles. The summed E-state index contributed by atoms with van der Waals surface area (Å²) in [5, 5.41) is 0. The minimum Gasteiger partial charge on any atom is -0.368 e. The Labute approximate surface area is 136 Å². The zero-order chi connectivity index (χ0) is 15.8. The van der Waals surface area contributed by atoms with Crippen molar-refractivity contribution < 1.29 is 9.53 Å². The summed E-state index contributed by atoms with van der Waals surface area (Å²) in [6.07, 6.45) is 10.9. The molecule has 0 radical (unpaired) electrons. The third-order valence-corrected chi connectivity index (χ3v) is 5.18. The smallest absolute Gasteiger partial charge is 0.252 e. The predicted molar refractivity (Wildman–Crippen MR) is 87.0 cm³/mol. The topological polar surface area (TPSA) is 45.7 Å². The number of hydrogen-bond acceptors (Lipinski definition) is 4. The number of terminal acetylenes is 1. The van der Waals surface area contributed by atoms with Crippen molar-refractivity contribution in [1.82, 2.24) is 9.88 Å². The van der Waals surface area contributed by atoms with E-state index in [-0.39, 0.29) is 24.1 Å². The molecule has 1 amide bonds. The molecule has 23 heavy (non-hydrogen) atoms. The highest BCUT2D eigenvalue weighted by Crippen LogP contribution is 2.33. The SMILES string of the molecule is C#Cc1ccc(N2CC3CCC(C2)N3C(=O)[C@@H]2CCCO2)nc1. The Balaban J connectivity index is 1.48. The minimum atomic E-state index is -0.210. The van der Waals surface area contributed by atoms with Gasteiger partial charge in [-0.25, -0.2) is 4.98 Å². The molecule has 5 nitrogen and oxygen atoms in total. The van der Waals surface area contributed by atoms with Crippen LogP contribution in [0.25, 0.3) is 0 Å². The first-order valence-corrected chi connectivity index (χ1v) is 8.37.